The number of anilines is 3. The fourth-order valence-corrected chi connectivity index (χ4v) is 2.13. The Labute approximate surface area is 113 Å². The summed E-state index contributed by atoms with van der Waals surface area (Å²) in [6.45, 7) is 6.32. The van der Waals surface area contributed by atoms with Gasteiger partial charge in [0.15, 0.2) is 0 Å². The Morgan fingerprint density at radius 1 is 1.00 bits per heavy atom. The monoisotopic (exact) mass is 260 g/mol. The van der Waals surface area contributed by atoms with Gasteiger partial charge in [0.25, 0.3) is 0 Å². The molecule has 0 saturated heterocycles. The second kappa shape index (κ2) is 4.91. The van der Waals surface area contributed by atoms with Crippen LogP contribution >= 0.6 is 11.6 Å². The second-order valence-electron chi connectivity index (χ2n) is 4.51. The van der Waals surface area contributed by atoms with Crippen molar-refractivity contribution >= 4 is 28.7 Å². The van der Waals surface area contributed by atoms with Crippen LogP contribution in [0.15, 0.2) is 30.3 Å². The van der Waals surface area contributed by atoms with E-state index in [1.165, 1.54) is 16.7 Å². The Kier molecular flexibility index (Phi) is 3.48. The van der Waals surface area contributed by atoms with Gasteiger partial charge in [-0.3, -0.25) is 0 Å². The first-order valence-electron chi connectivity index (χ1n) is 5.88. The lowest BCUT2D eigenvalue weighted by Gasteiger charge is -2.15. The van der Waals surface area contributed by atoms with Crippen molar-refractivity contribution in [2.45, 2.75) is 20.8 Å². The quantitative estimate of drug-likeness (QED) is 0.775. The van der Waals surface area contributed by atoms with Gasteiger partial charge < -0.3 is 11.1 Å². The minimum atomic E-state index is 0.632. The molecule has 94 valence electrons. The number of hydrogen-bond acceptors (Lipinski definition) is 2. The molecule has 0 aromatic heterocycles. The molecule has 0 amide bonds. The third-order valence-corrected chi connectivity index (χ3v) is 3.68. The topological polar surface area (TPSA) is 38.0 Å². The Hall–Kier alpha value is -1.67. The Morgan fingerprint density at radius 2 is 1.72 bits per heavy atom. The third kappa shape index (κ3) is 2.29. The Balaban J connectivity index is 2.44. The molecular weight excluding hydrogens is 244 g/mol. The SMILES string of the molecule is Cc1ccc(Nc2c(N)cccc2Cl)c(C)c1C. The standard InChI is InChI=1S/C15H17ClN2/c1-9-7-8-14(11(3)10(9)2)18-15-12(16)5-4-6-13(15)17/h4-8,18H,17H2,1-3H3. The van der Waals surface area contributed by atoms with Crippen molar-refractivity contribution in [2.75, 3.05) is 11.1 Å². The van der Waals surface area contributed by atoms with Crippen LogP contribution in [0.1, 0.15) is 16.7 Å². The summed E-state index contributed by atoms with van der Waals surface area (Å²) in [5.74, 6) is 0. The summed E-state index contributed by atoms with van der Waals surface area (Å²) >= 11 is 6.16. The first kappa shape index (κ1) is 12.8. The summed E-state index contributed by atoms with van der Waals surface area (Å²) < 4.78 is 0. The van der Waals surface area contributed by atoms with Gasteiger partial charge in [-0.05, 0) is 55.7 Å². The van der Waals surface area contributed by atoms with E-state index >= 15 is 0 Å². The fraction of sp³-hybridized carbons (Fsp3) is 0.200. The molecule has 3 N–H and O–H groups in total. The van der Waals surface area contributed by atoms with E-state index in [1.54, 1.807) is 0 Å². The highest BCUT2D eigenvalue weighted by Crippen LogP contribution is 2.33. The highest BCUT2D eigenvalue weighted by atomic mass is 35.5. The number of halogens is 1. The lowest BCUT2D eigenvalue weighted by molar-refractivity contribution is 1.26. The number of hydrogen-bond donors (Lipinski definition) is 2. The van der Waals surface area contributed by atoms with Crippen molar-refractivity contribution in [1.29, 1.82) is 0 Å². The number of nitrogens with two attached hydrogens (primary N) is 1. The molecule has 3 heteroatoms. The summed E-state index contributed by atoms with van der Waals surface area (Å²) in [5, 5.41) is 3.95. The van der Waals surface area contributed by atoms with Gasteiger partial charge in [0.1, 0.15) is 0 Å². The van der Waals surface area contributed by atoms with Crippen molar-refractivity contribution in [1.82, 2.24) is 0 Å². The molecule has 0 aliphatic carbocycles. The van der Waals surface area contributed by atoms with Gasteiger partial charge in [0, 0.05) is 5.69 Å². The van der Waals surface area contributed by atoms with Crippen molar-refractivity contribution in [2.24, 2.45) is 0 Å². The van der Waals surface area contributed by atoms with E-state index < -0.39 is 0 Å². The summed E-state index contributed by atoms with van der Waals surface area (Å²) in [5.41, 5.74) is 12.2. The van der Waals surface area contributed by atoms with Crippen LogP contribution in [0.5, 0.6) is 0 Å². The maximum Gasteiger partial charge on any atom is 0.0807 e. The number of rotatable bonds is 2. The maximum absolute atomic E-state index is 6.16. The van der Waals surface area contributed by atoms with Gasteiger partial charge >= 0.3 is 0 Å². The first-order chi connectivity index (χ1) is 8.50. The smallest absolute Gasteiger partial charge is 0.0807 e. The van der Waals surface area contributed by atoms with Crippen LogP contribution in [-0.2, 0) is 0 Å². The van der Waals surface area contributed by atoms with Crippen molar-refractivity contribution < 1.29 is 0 Å². The van der Waals surface area contributed by atoms with E-state index in [2.05, 4.69) is 38.2 Å². The molecule has 0 fully saturated rings. The van der Waals surface area contributed by atoms with Crippen LogP contribution in [-0.4, -0.2) is 0 Å². The summed E-state index contributed by atoms with van der Waals surface area (Å²) in [7, 11) is 0. The molecule has 0 heterocycles. The Morgan fingerprint density at radius 3 is 2.39 bits per heavy atom. The molecule has 2 aromatic rings. The molecule has 18 heavy (non-hydrogen) atoms. The van der Waals surface area contributed by atoms with E-state index in [-0.39, 0.29) is 0 Å². The molecule has 0 aliphatic rings. The summed E-state index contributed by atoms with van der Waals surface area (Å²) in [6.07, 6.45) is 0. The highest BCUT2D eigenvalue weighted by molar-refractivity contribution is 6.34. The molecule has 2 nitrogen and oxygen atoms in total. The normalized spacial score (nSPS) is 10.4. The van der Waals surface area contributed by atoms with Gasteiger partial charge in [-0.15, -0.1) is 0 Å². The minimum Gasteiger partial charge on any atom is -0.397 e. The maximum atomic E-state index is 6.16. The van der Waals surface area contributed by atoms with Gasteiger partial charge in [0.2, 0.25) is 0 Å². The zero-order valence-corrected chi connectivity index (χ0v) is 11.6. The number of para-hydroxylation sites is 1. The minimum absolute atomic E-state index is 0.632. The Bertz CT molecular complexity index is 571. The second-order valence-corrected chi connectivity index (χ2v) is 4.92. The largest absolute Gasteiger partial charge is 0.397 e. The number of nitrogens with one attached hydrogen (secondary N) is 1. The molecule has 2 aromatic carbocycles. The van der Waals surface area contributed by atoms with Crippen molar-refractivity contribution in [3.05, 3.63) is 52.0 Å². The van der Waals surface area contributed by atoms with E-state index in [9.17, 15) is 0 Å². The van der Waals surface area contributed by atoms with Crippen molar-refractivity contribution in [3.8, 4) is 0 Å². The van der Waals surface area contributed by atoms with Crippen LogP contribution < -0.4 is 11.1 Å². The van der Waals surface area contributed by atoms with E-state index in [0.717, 1.165) is 11.4 Å². The van der Waals surface area contributed by atoms with Gasteiger partial charge in [-0.2, -0.15) is 0 Å². The number of aryl methyl sites for hydroxylation is 1. The molecule has 0 saturated carbocycles. The van der Waals surface area contributed by atoms with E-state index in [4.69, 9.17) is 17.3 Å². The van der Waals surface area contributed by atoms with Crippen molar-refractivity contribution in [3.63, 3.8) is 0 Å². The number of benzene rings is 2. The van der Waals surface area contributed by atoms with Gasteiger partial charge in [0.05, 0.1) is 16.4 Å². The molecule has 0 radical (unpaired) electrons. The average Bonchev–Trinajstić information content (AvgIpc) is 2.34. The van der Waals surface area contributed by atoms with Crippen LogP contribution in [0.2, 0.25) is 5.02 Å². The average molecular weight is 261 g/mol. The predicted molar refractivity (Wildman–Crippen MR) is 79.8 cm³/mol. The molecule has 0 spiro atoms. The van der Waals surface area contributed by atoms with Crippen LogP contribution in [0.3, 0.4) is 0 Å². The molecule has 0 atom stereocenters. The lowest BCUT2D eigenvalue weighted by Crippen LogP contribution is -2.00. The van der Waals surface area contributed by atoms with Crippen LogP contribution in [0.25, 0.3) is 0 Å². The van der Waals surface area contributed by atoms with E-state index in [1.807, 2.05) is 18.2 Å². The molecule has 0 bridgehead atoms. The lowest BCUT2D eigenvalue weighted by atomic mass is 10.0. The molecule has 0 unspecified atom stereocenters. The van der Waals surface area contributed by atoms with E-state index in [0.29, 0.717) is 10.7 Å². The highest BCUT2D eigenvalue weighted by Gasteiger charge is 2.08. The molecular formula is C15H17ClN2. The summed E-state index contributed by atoms with van der Waals surface area (Å²) in [6, 6.07) is 9.66. The molecule has 2 rings (SSSR count). The van der Waals surface area contributed by atoms with Crippen LogP contribution in [0, 0.1) is 20.8 Å². The first-order valence-corrected chi connectivity index (χ1v) is 6.26. The fourth-order valence-electron chi connectivity index (χ4n) is 1.90. The van der Waals surface area contributed by atoms with Crippen LogP contribution in [0.4, 0.5) is 17.1 Å². The zero-order valence-electron chi connectivity index (χ0n) is 10.8. The zero-order chi connectivity index (χ0) is 13.3. The molecule has 0 aliphatic heterocycles. The predicted octanol–water partition coefficient (Wildman–Crippen LogP) is 4.59. The summed E-state index contributed by atoms with van der Waals surface area (Å²) in [4.78, 5) is 0. The van der Waals surface area contributed by atoms with Gasteiger partial charge in [-0.1, -0.05) is 23.7 Å². The number of nitrogen functional groups attached to an aromatic ring is 1. The third-order valence-electron chi connectivity index (χ3n) is 3.36. The van der Waals surface area contributed by atoms with Gasteiger partial charge in [-0.25, -0.2) is 0 Å².